The van der Waals surface area contributed by atoms with Gasteiger partial charge in [0, 0.05) is 51.1 Å². The monoisotopic (exact) mass is 412 g/mol. The Hall–Kier alpha value is -1.80. The third-order valence-electron chi connectivity index (χ3n) is 6.98. The molecule has 1 aromatic heterocycles. The van der Waals surface area contributed by atoms with E-state index in [-0.39, 0.29) is 11.8 Å². The average Bonchev–Trinajstić information content (AvgIpc) is 3.47. The van der Waals surface area contributed by atoms with Gasteiger partial charge in [-0.25, -0.2) is 0 Å². The zero-order valence-electron chi connectivity index (χ0n) is 17.8. The summed E-state index contributed by atoms with van der Waals surface area (Å²) in [6.07, 6.45) is 4.52. The summed E-state index contributed by atoms with van der Waals surface area (Å²) in [5.41, 5.74) is 0.993. The molecular weight excluding hydrogens is 380 g/mol. The van der Waals surface area contributed by atoms with E-state index in [2.05, 4.69) is 26.9 Å². The highest BCUT2D eigenvalue weighted by Gasteiger charge is 2.40. The van der Waals surface area contributed by atoms with Crippen LogP contribution in [0.2, 0.25) is 0 Å². The quantitative estimate of drug-likeness (QED) is 0.746. The Bertz CT molecular complexity index is 803. The van der Waals surface area contributed by atoms with Crippen molar-refractivity contribution in [1.29, 1.82) is 0 Å². The lowest BCUT2D eigenvalue weighted by atomic mass is 9.84. The van der Waals surface area contributed by atoms with E-state index in [1.807, 2.05) is 30.3 Å². The lowest BCUT2D eigenvalue weighted by molar-refractivity contribution is -0.183. The second-order valence-electron chi connectivity index (χ2n) is 8.89. The lowest BCUT2D eigenvalue weighted by Crippen LogP contribution is -2.49. The summed E-state index contributed by atoms with van der Waals surface area (Å²) < 4.78 is 17.3. The summed E-state index contributed by atoms with van der Waals surface area (Å²) in [4.78, 5) is 9.72. The molecule has 7 heteroatoms. The van der Waals surface area contributed by atoms with Crippen LogP contribution in [-0.4, -0.2) is 71.7 Å². The normalized spacial score (nSPS) is 24.4. The Morgan fingerprint density at radius 2 is 1.73 bits per heavy atom. The van der Waals surface area contributed by atoms with Gasteiger partial charge >= 0.3 is 0 Å². The van der Waals surface area contributed by atoms with Crippen LogP contribution in [0.3, 0.4) is 0 Å². The SMILES string of the molecule is C[C@H](c1nc(-c2ccccc2)no1)N1CCN(CC2CCC3(CC2)OCCO3)CC1. The first-order valence-electron chi connectivity index (χ1n) is 11.3. The van der Waals surface area contributed by atoms with E-state index >= 15 is 0 Å². The molecule has 0 radical (unpaired) electrons. The van der Waals surface area contributed by atoms with Gasteiger partial charge in [0.25, 0.3) is 0 Å². The maximum Gasteiger partial charge on any atom is 0.244 e. The minimum absolute atomic E-state index is 0.142. The molecule has 0 unspecified atom stereocenters. The molecule has 2 aliphatic heterocycles. The average molecular weight is 413 g/mol. The highest BCUT2D eigenvalue weighted by Crippen LogP contribution is 2.38. The summed E-state index contributed by atoms with van der Waals surface area (Å²) in [5.74, 6) is 1.89. The number of nitrogens with zero attached hydrogens (tertiary/aromatic N) is 4. The van der Waals surface area contributed by atoms with Gasteiger partial charge in [-0.3, -0.25) is 4.90 Å². The lowest BCUT2D eigenvalue weighted by Gasteiger charge is -2.40. The van der Waals surface area contributed by atoms with E-state index in [4.69, 9.17) is 14.0 Å². The molecule has 1 atom stereocenters. The molecule has 2 aromatic rings. The van der Waals surface area contributed by atoms with Crippen molar-refractivity contribution < 1.29 is 14.0 Å². The standard InChI is InChI=1S/C23H32N4O3/c1-18(22-24-21(25-30-22)20-5-3-2-4-6-20)27-13-11-26(12-14-27)17-19-7-9-23(10-8-19)28-15-16-29-23/h2-6,18-19H,7-17H2,1H3/t18-/m1/s1. The van der Waals surface area contributed by atoms with Crippen molar-refractivity contribution in [3.05, 3.63) is 36.2 Å². The van der Waals surface area contributed by atoms with E-state index in [0.717, 1.165) is 63.7 Å². The number of rotatable bonds is 5. The summed E-state index contributed by atoms with van der Waals surface area (Å²) in [6.45, 7) is 9.14. The Kier molecular flexibility index (Phi) is 5.87. The Labute approximate surface area is 178 Å². The molecule has 0 N–H and O–H groups in total. The molecule has 1 aliphatic carbocycles. The van der Waals surface area contributed by atoms with Gasteiger partial charge in [0.15, 0.2) is 5.79 Å². The van der Waals surface area contributed by atoms with Crippen molar-refractivity contribution in [2.45, 2.75) is 44.4 Å². The van der Waals surface area contributed by atoms with Crippen LogP contribution in [0.1, 0.15) is 44.5 Å². The predicted octanol–water partition coefficient (Wildman–Crippen LogP) is 3.35. The number of ether oxygens (including phenoxy) is 2. The van der Waals surface area contributed by atoms with Crippen LogP contribution in [0, 0.1) is 5.92 Å². The molecule has 5 rings (SSSR count). The first kappa shape index (κ1) is 20.1. The van der Waals surface area contributed by atoms with Gasteiger partial charge in [0.05, 0.1) is 19.3 Å². The number of piperazine rings is 1. The molecule has 3 aliphatic rings. The Morgan fingerprint density at radius 1 is 1.03 bits per heavy atom. The van der Waals surface area contributed by atoms with Crippen LogP contribution >= 0.6 is 0 Å². The van der Waals surface area contributed by atoms with Gasteiger partial charge in [-0.1, -0.05) is 35.5 Å². The van der Waals surface area contributed by atoms with E-state index < -0.39 is 0 Å². The van der Waals surface area contributed by atoms with Crippen molar-refractivity contribution in [2.75, 3.05) is 45.9 Å². The minimum atomic E-state index is -0.243. The molecule has 30 heavy (non-hydrogen) atoms. The van der Waals surface area contributed by atoms with Gasteiger partial charge in [-0.2, -0.15) is 4.98 Å². The second kappa shape index (κ2) is 8.75. The maximum atomic E-state index is 5.87. The van der Waals surface area contributed by atoms with E-state index in [1.165, 1.54) is 19.4 Å². The smallest absolute Gasteiger partial charge is 0.244 e. The van der Waals surface area contributed by atoms with Gasteiger partial charge in [-0.15, -0.1) is 0 Å². The number of benzene rings is 1. The molecule has 7 nitrogen and oxygen atoms in total. The van der Waals surface area contributed by atoms with Crippen LogP contribution in [0.5, 0.6) is 0 Å². The number of aromatic nitrogens is 2. The molecule has 1 saturated carbocycles. The summed E-state index contributed by atoms with van der Waals surface area (Å²) in [5, 5.41) is 4.18. The van der Waals surface area contributed by atoms with Crippen molar-refractivity contribution in [3.8, 4) is 11.4 Å². The summed E-state index contributed by atoms with van der Waals surface area (Å²) in [7, 11) is 0. The second-order valence-corrected chi connectivity index (χ2v) is 8.89. The van der Waals surface area contributed by atoms with E-state index in [9.17, 15) is 0 Å². The van der Waals surface area contributed by atoms with Crippen LogP contribution in [0.25, 0.3) is 11.4 Å². The first-order chi connectivity index (χ1) is 14.7. The molecule has 0 bridgehead atoms. The van der Waals surface area contributed by atoms with Crippen molar-refractivity contribution in [1.82, 2.24) is 19.9 Å². The fraction of sp³-hybridized carbons (Fsp3) is 0.652. The first-order valence-corrected chi connectivity index (χ1v) is 11.3. The minimum Gasteiger partial charge on any atom is -0.348 e. The van der Waals surface area contributed by atoms with Crippen LogP contribution in [-0.2, 0) is 9.47 Å². The molecule has 1 aromatic carbocycles. The zero-order valence-corrected chi connectivity index (χ0v) is 17.8. The number of hydrogen-bond acceptors (Lipinski definition) is 7. The summed E-state index contributed by atoms with van der Waals surface area (Å²) >= 11 is 0. The number of hydrogen-bond donors (Lipinski definition) is 0. The fourth-order valence-corrected chi connectivity index (χ4v) is 5.05. The molecule has 3 heterocycles. The molecule has 2 saturated heterocycles. The van der Waals surface area contributed by atoms with Gasteiger partial charge < -0.3 is 18.9 Å². The highest BCUT2D eigenvalue weighted by molar-refractivity contribution is 5.53. The maximum absolute atomic E-state index is 5.87. The molecule has 162 valence electrons. The van der Waals surface area contributed by atoms with E-state index in [1.54, 1.807) is 0 Å². The summed E-state index contributed by atoms with van der Waals surface area (Å²) in [6, 6.07) is 10.1. The third-order valence-corrected chi connectivity index (χ3v) is 6.98. The molecule has 0 amide bonds. The van der Waals surface area contributed by atoms with Crippen LogP contribution in [0.15, 0.2) is 34.9 Å². The van der Waals surface area contributed by atoms with Gasteiger partial charge in [0.1, 0.15) is 0 Å². The fourth-order valence-electron chi connectivity index (χ4n) is 5.05. The largest absolute Gasteiger partial charge is 0.348 e. The van der Waals surface area contributed by atoms with Crippen LogP contribution in [0.4, 0.5) is 0 Å². The van der Waals surface area contributed by atoms with E-state index in [0.29, 0.717) is 11.7 Å². The van der Waals surface area contributed by atoms with Crippen molar-refractivity contribution >= 4 is 0 Å². The third kappa shape index (κ3) is 4.30. The Morgan fingerprint density at radius 3 is 2.43 bits per heavy atom. The van der Waals surface area contributed by atoms with Crippen molar-refractivity contribution in [3.63, 3.8) is 0 Å². The van der Waals surface area contributed by atoms with Crippen LogP contribution < -0.4 is 0 Å². The van der Waals surface area contributed by atoms with Crippen molar-refractivity contribution in [2.24, 2.45) is 5.92 Å². The molecular formula is C23H32N4O3. The molecule has 1 spiro atoms. The Balaban J connectivity index is 1.10. The highest BCUT2D eigenvalue weighted by atomic mass is 16.7. The topological polar surface area (TPSA) is 63.9 Å². The predicted molar refractivity (Wildman–Crippen MR) is 113 cm³/mol. The van der Waals surface area contributed by atoms with Gasteiger partial charge in [0.2, 0.25) is 11.7 Å². The zero-order chi connectivity index (χ0) is 20.4. The molecule has 3 fully saturated rings. The van der Waals surface area contributed by atoms with Gasteiger partial charge in [-0.05, 0) is 25.7 Å².